The van der Waals surface area contributed by atoms with E-state index in [1.807, 2.05) is 43.3 Å². The summed E-state index contributed by atoms with van der Waals surface area (Å²) >= 11 is 0. The Balaban J connectivity index is 1.67. The highest BCUT2D eigenvalue weighted by molar-refractivity contribution is 5.55. The van der Waals surface area contributed by atoms with Gasteiger partial charge in [0.1, 0.15) is 24.0 Å². The zero-order valence-corrected chi connectivity index (χ0v) is 15.7. The summed E-state index contributed by atoms with van der Waals surface area (Å²) < 4.78 is 11.5. The van der Waals surface area contributed by atoms with Crippen molar-refractivity contribution in [3.8, 4) is 17.7 Å². The Morgan fingerprint density at radius 2 is 2.04 bits per heavy atom. The van der Waals surface area contributed by atoms with Crippen LogP contribution >= 0.6 is 0 Å². The van der Waals surface area contributed by atoms with Crippen molar-refractivity contribution in [2.45, 2.75) is 26.4 Å². The van der Waals surface area contributed by atoms with Crippen molar-refractivity contribution in [1.82, 2.24) is 10.2 Å². The van der Waals surface area contributed by atoms with Crippen LogP contribution in [0.25, 0.3) is 0 Å². The van der Waals surface area contributed by atoms with Gasteiger partial charge in [0.05, 0.1) is 5.92 Å². The molecule has 1 aliphatic heterocycles. The number of H-pyrrole nitrogens is 1. The molecule has 140 valence electrons. The highest BCUT2D eigenvalue weighted by Crippen LogP contribution is 2.43. The van der Waals surface area contributed by atoms with Gasteiger partial charge >= 0.3 is 0 Å². The second kappa shape index (κ2) is 7.12. The molecule has 1 aromatic heterocycles. The van der Waals surface area contributed by atoms with E-state index in [0.29, 0.717) is 18.1 Å². The number of nitriles is 1. The van der Waals surface area contributed by atoms with Gasteiger partial charge in [-0.15, -0.1) is 5.10 Å². The predicted molar refractivity (Wildman–Crippen MR) is 105 cm³/mol. The Bertz CT molecular complexity index is 1110. The number of hydrogen-bond donors (Lipinski definition) is 2. The minimum atomic E-state index is -0.352. The summed E-state index contributed by atoms with van der Waals surface area (Å²) in [5.74, 6) is 0.863. The van der Waals surface area contributed by atoms with Gasteiger partial charge in [-0.1, -0.05) is 42.0 Å². The van der Waals surface area contributed by atoms with E-state index in [0.717, 1.165) is 28.1 Å². The van der Waals surface area contributed by atoms with Crippen molar-refractivity contribution in [1.29, 1.82) is 5.26 Å². The van der Waals surface area contributed by atoms with Crippen molar-refractivity contribution in [2.24, 2.45) is 5.73 Å². The third kappa shape index (κ3) is 3.19. The van der Waals surface area contributed by atoms with E-state index in [1.165, 1.54) is 5.56 Å². The molecule has 1 aliphatic rings. The number of nitrogens with one attached hydrogen (secondary N) is 1. The second-order valence-corrected chi connectivity index (χ2v) is 6.84. The summed E-state index contributed by atoms with van der Waals surface area (Å²) in [6.07, 6.45) is 0. The lowest BCUT2D eigenvalue weighted by molar-refractivity contribution is 0.305. The maximum absolute atomic E-state index is 9.66. The van der Waals surface area contributed by atoms with Gasteiger partial charge in [0.25, 0.3) is 0 Å². The SMILES string of the molecule is Cc1cccc(COc2cccc([C@H]3C(C#N)=C(N)Oc4n[nH]c(C)c43)c2)c1. The Hall–Kier alpha value is -3.72. The molecule has 2 aromatic carbocycles. The van der Waals surface area contributed by atoms with Crippen LogP contribution in [0.3, 0.4) is 0 Å². The smallest absolute Gasteiger partial charge is 0.244 e. The van der Waals surface area contributed by atoms with Crippen molar-refractivity contribution >= 4 is 0 Å². The molecule has 0 aliphatic carbocycles. The largest absolute Gasteiger partial charge is 0.489 e. The molecule has 0 radical (unpaired) electrons. The quantitative estimate of drug-likeness (QED) is 0.725. The number of aromatic nitrogens is 2. The first-order valence-corrected chi connectivity index (χ1v) is 8.97. The summed E-state index contributed by atoms with van der Waals surface area (Å²) in [5.41, 5.74) is 11.2. The van der Waals surface area contributed by atoms with Gasteiger partial charge in [-0.3, -0.25) is 5.10 Å². The van der Waals surface area contributed by atoms with Gasteiger partial charge in [0, 0.05) is 11.3 Å². The average molecular weight is 372 g/mol. The number of allylic oxidation sites excluding steroid dienone is 1. The average Bonchev–Trinajstić information content (AvgIpc) is 3.06. The van der Waals surface area contributed by atoms with Gasteiger partial charge in [-0.2, -0.15) is 5.26 Å². The third-order valence-electron chi connectivity index (χ3n) is 4.81. The molecule has 0 unspecified atom stereocenters. The normalized spacial score (nSPS) is 15.5. The topological polar surface area (TPSA) is 96.9 Å². The molecule has 0 fully saturated rings. The number of nitrogens with two attached hydrogens (primary N) is 1. The minimum Gasteiger partial charge on any atom is -0.489 e. The molecule has 6 heteroatoms. The van der Waals surface area contributed by atoms with Gasteiger partial charge in [0.15, 0.2) is 0 Å². The van der Waals surface area contributed by atoms with Crippen LogP contribution in [-0.2, 0) is 6.61 Å². The van der Waals surface area contributed by atoms with E-state index in [9.17, 15) is 5.26 Å². The molecule has 2 heterocycles. The van der Waals surface area contributed by atoms with E-state index in [1.54, 1.807) is 0 Å². The molecular formula is C22H20N4O2. The summed E-state index contributed by atoms with van der Waals surface area (Å²) in [7, 11) is 0. The van der Waals surface area contributed by atoms with E-state index in [4.69, 9.17) is 15.2 Å². The summed E-state index contributed by atoms with van der Waals surface area (Å²) in [4.78, 5) is 0. The first kappa shape index (κ1) is 17.7. The molecule has 0 saturated heterocycles. The number of ether oxygens (including phenoxy) is 2. The lowest BCUT2D eigenvalue weighted by Gasteiger charge is -2.24. The summed E-state index contributed by atoms with van der Waals surface area (Å²) in [6, 6.07) is 18.1. The molecule has 28 heavy (non-hydrogen) atoms. The van der Waals surface area contributed by atoms with Crippen LogP contribution in [0.2, 0.25) is 0 Å². The molecule has 0 bridgehead atoms. The van der Waals surface area contributed by atoms with Gasteiger partial charge < -0.3 is 15.2 Å². The van der Waals surface area contributed by atoms with Crippen LogP contribution in [0, 0.1) is 25.2 Å². The molecule has 1 atom stereocenters. The fourth-order valence-electron chi connectivity index (χ4n) is 3.48. The monoisotopic (exact) mass is 372 g/mol. The highest BCUT2D eigenvalue weighted by atomic mass is 16.5. The van der Waals surface area contributed by atoms with Crippen LogP contribution < -0.4 is 15.2 Å². The molecule has 0 saturated carbocycles. The number of nitrogens with zero attached hydrogens (tertiary/aromatic N) is 2. The maximum atomic E-state index is 9.66. The van der Waals surface area contributed by atoms with Crippen LogP contribution in [0.1, 0.15) is 33.9 Å². The predicted octanol–water partition coefficient (Wildman–Crippen LogP) is 3.82. The lowest BCUT2D eigenvalue weighted by Crippen LogP contribution is -2.21. The Labute approximate surface area is 163 Å². The molecule has 6 nitrogen and oxygen atoms in total. The van der Waals surface area contributed by atoms with Crippen LogP contribution in [0.15, 0.2) is 60.0 Å². The summed E-state index contributed by atoms with van der Waals surface area (Å²) in [5, 5.41) is 16.7. The Kier molecular flexibility index (Phi) is 4.50. The number of aryl methyl sites for hydroxylation is 2. The van der Waals surface area contributed by atoms with Gasteiger partial charge in [-0.05, 0) is 37.1 Å². The van der Waals surface area contributed by atoms with Crippen LogP contribution in [-0.4, -0.2) is 10.2 Å². The van der Waals surface area contributed by atoms with E-state index in [-0.39, 0.29) is 11.8 Å². The number of fused-ring (bicyclic) bond motifs is 1. The molecule has 4 rings (SSSR count). The highest BCUT2D eigenvalue weighted by Gasteiger charge is 2.34. The van der Waals surface area contributed by atoms with Crippen LogP contribution in [0.4, 0.5) is 0 Å². The third-order valence-corrected chi connectivity index (χ3v) is 4.81. The fourth-order valence-corrected chi connectivity index (χ4v) is 3.48. The lowest BCUT2D eigenvalue weighted by atomic mass is 9.84. The minimum absolute atomic E-state index is 0.0811. The van der Waals surface area contributed by atoms with E-state index in [2.05, 4.69) is 35.3 Å². The second-order valence-electron chi connectivity index (χ2n) is 6.84. The van der Waals surface area contributed by atoms with Gasteiger partial charge in [-0.25, -0.2) is 0 Å². The molecule has 3 aromatic rings. The molecule has 0 amide bonds. The van der Waals surface area contributed by atoms with Crippen LogP contribution in [0.5, 0.6) is 11.6 Å². The Morgan fingerprint density at radius 1 is 1.21 bits per heavy atom. The van der Waals surface area contributed by atoms with Crippen molar-refractivity contribution in [3.05, 3.63) is 87.9 Å². The maximum Gasteiger partial charge on any atom is 0.244 e. The number of hydrogen-bond acceptors (Lipinski definition) is 5. The standard InChI is InChI=1S/C22H20N4O2/c1-13-5-3-6-15(9-13)12-27-17-8-4-7-16(10-17)20-18(11-23)21(24)28-22-19(20)14(2)25-26-22/h3-10,20H,12,24H2,1-2H3,(H,25,26)/t20-/m0/s1. The zero-order valence-electron chi connectivity index (χ0n) is 15.7. The first-order chi connectivity index (χ1) is 13.6. The van der Waals surface area contributed by atoms with Crippen molar-refractivity contribution in [2.75, 3.05) is 0 Å². The number of rotatable bonds is 4. The Morgan fingerprint density at radius 3 is 2.82 bits per heavy atom. The van der Waals surface area contributed by atoms with Crippen molar-refractivity contribution < 1.29 is 9.47 Å². The number of aromatic amines is 1. The molecule has 0 spiro atoms. The first-order valence-electron chi connectivity index (χ1n) is 8.97. The van der Waals surface area contributed by atoms with E-state index >= 15 is 0 Å². The molecular weight excluding hydrogens is 352 g/mol. The summed E-state index contributed by atoms with van der Waals surface area (Å²) in [6.45, 7) is 4.43. The van der Waals surface area contributed by atoms with Gasteiger partial charge in [0.2, 0.25) is 11.8 Å². The number of benzene rings is 2. The zero-order chi connectivity index (χ0) is 19.7. The fraction of sp³-hybridized carbons (Fsp3) is 0.182. The molecule has 3 N–H and O–H groups in total. The van der Waals surface area contributed by atoms with E-state index < -0.39 is 0 Å². The van der Waals surface area contributed by atoms with Crippen molar-refractivity contribution in [3.63, 3.8) is 0 Å².